The van der Waals surface area contributed by atoms with E-state index in [1.807, 2.05) is 23.2 Å². The molecule has 0 saturated carbocycles. The smallest absolute Gasteiger partial charge is 0.200 e. The van der Waals surface area contributed by atoms with Crippen molar-refractivity contribution < 1.29 is 0 Å². The minimum absolute atomic E-state index is 0.665. The summed E-state index contributed by atoms with van der Waals surface area (Å²) in [5.41, 5.74) is 1.04. The third-order valence-electron chi connectivity index (χ3n) is 3.78. The molecule has 2 N–H and O–H groups in total. The van der Waals surface area contributed by atoms with Crippen LogP contribution in [0, 0.1) is 5.92 Å². The Morgan fingerprint density at radius 1 is 1.25 bits per heavy atom. The number of hydrazine groups is 1. The zero-order chi connectivity index (χ0) is 14.4. The first-order valence-electron chi connectivity index (χ1n) is 7.62. The summed E-state index contributed by atoms with van der Waals surface area (Å²) < 4.78 is 1.21. The molecule has 0 spiro atoms. The third-order valence-corrected chi connectivity index (χ3v) is 4.85. The van der Waals surface area contributed by atoms with Gasteiger partial charge in [-0.1, -0.05) is 63.0 Å². The van der Waals surface area contributed by atoms with Gasteiger partial charge in [0.05, 0.1) is 10.2 Å². The summed E-state index contributed by atoms with van der Waals surface area (Å²) in [6.45, 7) is 5.40. The van der Waals surface area contributed by atoms with Crippen molar-refractivity contribution in [2.24, 2.45) is 11.8 Å². The van der Waals surface area contributed by atoms with Gasteiger partial charge in [0.2, 0.25) is 5.13 Å². The SMILES string of the molecule is CCCCCC(CC)CN(N)c1nc2ccccc2s1. The molecule has 0 saturated heterocycles. The van der Waals surface area contributed by atoms with Gasteiger partial charge in [0.25, 0.3) is 0 Å². The van der Waals surface area contributed by atoms with E-state index in [0.717, 1.165) is 17.2 Å². The fourth-order valence-corrected chi connectivity index (χ4v) is 3.34. The van der Waals surface area contributed by atoms with Crippen LogP contribution in [0.5, 0.6) is 0 Å². The molecule has 0 aliphatic heterocycles. The fourth-order valence-electron chi connectivity index (χ4n) is 2.45. The second kappa shape index (κ2) is 7.60. The number of fused-ring (bicyclic) bond motifs is 1. The van der Waals surface area contributed by atoms with Crippen LogP contribution in [0.25, 0.3) is 10.2 Å². The summed E-state index contributed by atoms with van der Waals surface area (Å²) in [6.07, 6.45) is 6.36. The van der Waals surface area contributed by atoms with E-state index in [-0.39, 0.29) is 0 Å². The highest BCUT2D eigenvalue weighted by molar-refractivity contribution is 7.22. The van der Waals surface area contributed by atoms with Crippen LogP contribution in [-0.4, -0.2) is 11.5 Å². The molecule has 0 bridgehead atoms. The van der Waals surface area contributed by atoms with Crippen molar-refractivity contribution in [3.8, 4) is 0 Å². The van der Waals surface area contributed by atoms with Crippen LogP contribution < -0.4 is 10.9 Å². The molecule has 0 aliphatic rings. The van der Waals surface area contributed by atoms with Crippen LogP contribution in [0.4, 0.5) is 5.13 Å². The topological polar surface area (TPSA) is 42.1 Å². The van der Waals surface area contributed by atoms with E-state index in [4.69, 9.17) is 5.84 Å². The number of rotatable bonds is 8. The van der Waals surface area contributed by atoms with Gasteiger partial charge in [0.1, 0.15) is 0 Å². The van der Waals surface area contributed by atoms with E-state index >= 15 is 0 Å². The van der Waals surface area contributed by atoms with Gasteiger partial charge in [0, 0.05) is 6.54 Å². The molecular formula is C16H25N3S. The first-order valence-corrected chi connectivity index (χ1v) is 8.44. The lowest BCUT2D eigenvalue weighted by atomic mass is 9.98. The van der Waals surface area contributed by atoms with Crippen molar-refractivity contribution in [3.05, 3.63) is 24.3 Å². The van der Waals surface area contributed by atoms with Crippen molar-refractivity contribution in [3.63, 3.8) is 0 Å². The summed E-state index contributed by atoms with van der Waals surface area (Å²) in [5, 5.41) is 2.77. The Morgan fingerprint density at radius 2 is 2.05 bits per heavy atom. The Kier molecular flexibility index (Phi) is 5.80. The molecular weight excluding hydrogens is 266 g/mol. The van der Waals surface area contributed by atoms with Gasteiger partial charge in [-0.05, 0) is 24.5 Å². The second-order valence-corrected chi connectivity index (χ2v) is 6.40. The highest BCUT2D eigenvalue weighted by Gasteiger charge is 2.14. The Balaban J connectivity index is 1.97. The third kappa shape index (κ3) is 3.93. The second-order valence-electron chi connectivity index (χ2n) is 5.39. The van der Waals surface area contributed by atoms with Crippen LogP contribution in [0.2, 0.25) is 0 Å². The Labute approximate surface area is 125 Å². The number of nitrogens with two attached hydrogens (primary N) is 1. The van der Waals surface area contributed by atoms with E-state index in [1.54, 1.807) is 11.3 Å². The van der Waals surface area contributed by atoms with Crippen LogP contribution >= 0.6 is 11.3 Å². The first kappa shape index (κ1) is 15.3. The van der Waals surface area contributed by atoms with Crippen molar-refractivity contribution in [1.29, 1.82) is 0 Å². The van der Waals surface area contributed by atoms with Gasteiger partial charge in [0.15, 0.2) is 0 Å². The monoisotopic (exact) mass is 291 g/mol. The van der Waals surface area contributed by atoms with E-state index in [1.165, 1.54) is 36.8 Å². The highest BCUT2D eigenvalue weighted by atomic mass is 32.1. The molecule has 1 heterocycles. The van der Waals surface area contributed by atoms with E-state index in [9.17, 15) is 0 Å². The standard InChI is InChI=1S/C16H25N3S/c1-3-5-6-9-13(4-2)12-19(17)16-18-14-10-7-8-11-15(14)20-16/h7-8,10-11,13H,3-6,9,12,17H2,1-2H3. The van der Waals surface area contributed by atoms with Gasteiger partial charge in [-0.2, -0.15) is 0 Å². The lowest BCUT2D eigenvalue weighted by Gasteiger charge is -2.22. The molecule has 1 aromatic heterocycles. The average molecular weight is 291 g/mol. The summed E-state index contributed by atoms with van der Waals surface area (Å²) in [5.74, 6) is 6.89. The predicted molar refractivity (Wildman–Crippen MR) is 89.1 cm³/mol. The van der Waals surface area contributed by atoms with Crippen LogP contribution in [0.15, 0.2) is 24.3 Å². The maximum absolute atomic E-state index is 6.22. The Morgan fingerprint density at radius 3 is 2.75 bits per heavy atom. The Bertz CT molecular complexity index is 490. The number of nitrogens with zero attached hydrogens (tertiary/aromatic N) is 2. The quantitative estimate of drug-likeness (QED) is 0.439. The van der Waals surface area contributed by atoms with E-state index in [0.29, 0.717) is 5.92 Å². The molecule has 110 valence electrons. The molecule has 20 heavy (non-hydrogen) atoms. The van der Waals surface area contributed by atoms with Gasteiger partial charge in [-0.25, -0.2) is 10.8 Å². The number of anilines is 1. The molecule has 1 atom stereocenters. The maximum atomic E-state index is 6.22. The minimum Gasteiger partial charge on any atom is -0.286 e. The van der Waals surface area contributed by atoms with Gasteiger partial charge in [-0.3, -0.25) is 5.01 Å². The number of para-hydroxylation sites is 1. The molecule has 2 rings (SSSR count). The predicted octanol–water partition coefficient (Wildman–Crippen LogP) is 4.58. The first-order chi connectivity index (χ1) is 9.74. The van der Waals surface area contributed by atoms with E-state index in [2.05, 4.69) is 24.9 Å². The molecule has 4 heteroatoms. The summed E-state index contributed by atoms with van der Waals surface area (Å²) in [4.78, 5) is 4.62. The normalized spacial score (nSPS) is 12.8. The lowest BCUT2D eigenvalue weighted by molar-refractivity contribution is 0.441. The summed E-state index contributed by atoms with van der Waals surface area (Å²) >= 11 is 1.68. The van der Waals surface area contributed by atoms with Crippen LogP contribution in [0.1, 0.15) is 46.0 Å². The van der Waals surface area contributed by atoms with Crippen molar-refractivity contribution >= 4 is 26.7 Å². The number of benzene rings is 1. The van der Waals surface area contributed by atoms with Crippen molar-refractivity contribution in [2.45, 2.75) is 46.0 Å². The number of aromatic nitrogens is 1. The molecule has 1 unspecified atom stereocenters. The van der Waals surface area contributed by atoms with Gasteiger partial charge >= 0.3 is 0 Å². The van der Waals surface area contributed by atoms with Gasteiger partial charge in [-0.15, -0.1) is 0 Å². The molecule has 1 aromatic carbocycles. The minimum atomic E-state index is 0.665. The molecule has 3 nitrogen and oxygen atoms in total. The van der Waals surface area contributed by atoms with Crippen LogP contribution in [0.3, 0.4) is 0 Å². The zero-order valence-corrected chi connectivity index (χ0v) is 13.3. The van der Waals surface area contributed by atoms with Gasteiger partial charge < -0.3 is 0 Å². The lowest BCUT2D eigenvalue weighted by Crippen LogP contribution is -2.35. The maximum Gasteiger partial charge on any atom is 0.200 e. The number of hydrogen-bond acceptors (Lipinski definition) is 4. The molecule has 0 fully saturated rings. The average Bonchev–Trinajstić information content (AvgIpc) is 2.90. The number of hydrogen-bond donors (Lipinski definition) is 1. The molecule has 0 amide bonds. The molecule has 2 aromatic rings. The molecule has 0 aliphatic carbocycles. The number of unbranched alkanes of at least 4 members (excludes halogenated alkanes) is 2. The zero-order valence-electron chi connectivity index (χ0n) is 12.5. The molecule has 0 radical (unpaired) electrons. The Hall–Kier alpha value is -1.13. The van der Waals surface area contributed by atoms with E-state index < -0.39 is 0 Å². The summed E-state index contributed by atoms with van der Waals surface area (Å²) in [6, 6.07) is 8.21. The summed E-state index contributed by atoms with van der Waals surface area (Å²) in [7, 11) is 0. The van der Waals surface area contributed by atoms with Crippen LogP contribution in [-0.2, 0) is 0 Å². The highest BCUT2D eigenvalue weighted by Crippen LogP contribution is 2.28. The largest absolute Gasteiger partial charge is 0.286 e. The fraction of sp³-hybridized carbons (Fsp3) is 0.562. The van der Waals surface area contributed by atoms with Crippen molar-refractivity contribution in [2.75, 3.05) is 11.6 Å². The van der Waals surface area contributed by atoms with Crippen molar-refractivity contribution in [1.82, 2.24) is 4.98 Å². The number of thiazole rings is 1.